The summed E-state index contributed by atoms with van der Waals surface area (Å²) in [6.45, 7) is 1.10. The second kappa shape index (κ2) is 11.3. The van der Waals surface area contributed by atoms with Crippen molar-refractivity contribution in [2.24, 2.45) is 0 Å². The van der Waals surface area contributed by atoms with Crippen molar-refractivity contribution in [2.45, 2.75) is 29.2 Å². The van der Waals surface area contributed by atoms with Crippen LogP contribution in [0, 0.1) is 11.8 Å². The molecule has 0 saturated carbocycles. The minimum Gasteiger partial charge on any atom is -0.376 e. The Morgan fingerprint density at radius 2 is 2.08 bits per heavy atom. The lowest BCUT2D eigenvalue weighted by Gasteiger charge is -2.33. The van der Waals surface area contributed by atoms with Crippen LogP contribution < -0.4 is 16.0 Å². The number of nitrogens with one attached hydrogen (secondary N) is 3. The number of fused-ring (bicyclic) bond motifs is 1. The van der Waals surface area contributed by atoms with Crippen LogP contribution in [0.25, 0.3) is 5.65 Å². The van der Waals surface area contributed by atoms with Gasteiger partial charge in [0.15, 0.2) is 5.65 Å². The Kier molecular flexibility index (Phi) is 8.14. The molecule has 0 radical (unpaired) electrons. The number of hydrogen-bond donors (Lipinski definition) is 3. The molecule has 0 bridgehead atoms. The number of amides is 1. The van der Waals surface area contributed by atoms with Gasteiger partial charge in [0, 0.05) is 49.3 Å². The van der Waals surface area contributed by atoms with Crippen molar-refractivity contribution in [3.8, 4) is 11.8 Å². The fourth-order valence-electron chi connectivity index (χ4n) is 4.06. The fourth-order valence-corrected chi connectivity index (χ4v) is 4.71. The standard InChI is InChI=1S/C25H26F4N6OS/c1-30-23(36)16-6-3-7-17(14-16)31-11-4-8-21-24(37-25(27,28)29)35-12-5-9-20(22(35)33-21)32-19-10-13-34(2)15-18(19)26/h3,5-7,9,12,14,18-19,31-32H,10-11,13,15H2,1-2H3,(H,30,36)/t18-,19+/m0/s1. The van der Waals surface area contributed by atoms with Gasteiger partial charge in [0.1, 0.15) is 16.9 Å². The van der Waals surface area contributed by atoms with Crippen LogP contribution >= 0.6 is 11.8 Å². The van der Waals surface area contributed by atoms with E-state index in [0.717, 1.165) is 0 Å². The lowest BCUT2D eigenvalue weighted by atomic mass is 10.0. The highest BCUT2D eigenvalue weighted by Crippen LogP contribution is 2.39. The summed E-state index contributed by atoms with van der Waals surface area (Å²) < 4.78 is 56.1. The zero-order valence-corrected chi connectivity index (χ0v) is 21.0. The number of nitrogens with zero attached hydrogens (tertiary/aromatic N) is 3. The van der Waals surface area contributed by atoms with Gasteiger partial charge >= 0.3 is 5.51 Å². The number of thioether (sulfide) groups is 1. The summed E-state index contributed by atoms with van der Waals surface area (Å²) >= 11 is -0.294. The van der Waals surface area contributed by atoms with E-state index in [1.54, 1.807) is 36.4 Å². The van der Waals surface area contributed by atoms with E-state index in [0.29, 0.717) is 29.9 Å². The average Bonchev–Trinajstić information content (AvgIpc) is 3.20. The Balaban J connectivity index is 1.59. The maximum absolute atomic E-state index is 14.6. The molecular weight excluding hydrogens is 508 g/mol. The second-order valence-corrected chi connectivity index (χ2v) is 9.62. The summed E-state index contributed by atoms with van der Waals surface area (Å²) in [7, 11) is 3.38. The number of carbonyl (C=O) groups is 1. The van der Waals surface area contributed by atoms with Crippen LogP contribution in [-0.4, -0.2) is 71.6 Å². The van der Waals surface area contributed by atoms with Crippen LogP contribution in [0.2, 0.25) is 0 Å². The molecule has 1 aromatic carbocycles. The monoisotopic (exact) mass is 534 g/mol. The van der Waals surface area contributed by atoms with Gasteiger partial charge in [0.05, 0.1) is 18.3 Å². The number of pyridine rings is 1. The predicted octanol–water partition coefficient (Wildman–Crippen LogP) is 4.22. The first-order valence-electron chi connectivity index (χ1n) is 11.6. The Morgan fingerprint density at radius 3 is 2.81 bits per heavy atom. The summed E-state index contributed by atoms with van der Waals surface area (Å²) in [5.41, 5.74) is -2.79. The van der Waals surface area contributed by atoms with Gasteiger partial charge in [-0.15, -0.1) is 0 Å². The lowest BCUT2D eigenvalue weighted by Crippen LogP contribution is -2.46. The number of hydrogen-bond acceptors (Lipinski definition) is 6. The molecule has 196 valence electrons. The van der Waals surface area contributed by atoms with Crippen LogP contribution in [0.3, 0.4) is 0 Å². The van der Waals surface area contributed by atoms with Gasteiger partial charge in [0.25, 0.3) is 5.91 Å². The molecule has 0 aliphatic carbocycles. The van der Waals surface area contributed by atoms with E-state index in [1.165, 1.54) is 17.6 Å². The highest BCUT2D eigenvalue weighted by atomic mass is 32.2. The highest BCUT2D eigenvalue weighted by molar-refractivity contribution is 8.00. The number of piperidine rings is 1. The van der Waals surface area contributed by atoms with Gasteiger partial charge in [-0.05, 0) is 49.7 Å². The summed E-state index contributed by atoms with van der Waals surface area (Å²) in [5, 5.41) is 8.55. The van der Waals surface area contributed by atoms with Crippen LogP contribution in [-0.2, 0) is 0 Å². The SMILES string of the molecule is CNC(=O)c1cccc(NCC#Cc2nc3c(N[C@@H]4CCN(C)C[C@@H]4F)cccn3c2SC(F)(F)F)c1. The first-order valence-corrected chi connectivity index (χ1v) is 12.4. The number of aromatic nitrogens is 2. The molecule has 12 heteroatoms. The van der Waals surface area contributed by atoms with Crippen molar-refractivity contribution < 1.29 is 22.4 Å². The van der Waals surface area contributed by atoms with Crippen LogP contribution in [0.5, 0.6) is 0 Å². The number of alkyl halides is 4. The van der Waals surface area contributed by atoms with E-state index in [1.807, 2.05) is 11.9 Å². The van der Waals surface area contributed by atoms with Gasteiger partial charge in [-0.3, -0.25) is 9.20 Å². The van der Waals surface area contributed by atoms with Gasteiger partial charge in [-0.1, -0.05) is 12.0 Å². The summed E-state index contributed by atoms with van der Waals surface area (Å²) in [6, 6.07) is 9.57. The molecular formula is C25H26F4N6OS. The molecule has 0 spiro atoms. The number of benzene rings is 1. The minimum atomic E-state index is -4.55. The molecule has 1 aliphatic heterocycles. The molecule has 1 amide bonds. The van der Waals surface area contributed by atoms with Crippen LogP contribution in [0.4, 0.5) is 28.9 Å². The van der Waals surface area contributed by atoms with Crippen molar-refractivity contribution in [2.75, 3.05) is 44.4 Å². The van der Waals surface area contributed by atoms with Gasteiger partial charge in [0.2, 0.25) is 0 Å². The van der Waals surface area contributed by atoms with Crippen molar-refractivity contribution in [1.82, 2.24) is 19.6 Å². The summed E-state index contributed by atoms with van der Waals surface area (Å²) in [4.78, 5) is 18.1. The third-order valence-electron chi connectivity index (χ3n) is 5.84. The third kappa shape index (κ3) is 6.67. The Morgan fingerprint density at radius 1 is 1.27 bits per heavy atom. The van der Waals surface area contributed by atoms with E-state index in [-0.39, 0.29) is 47.1 Å². The number of anilines is 2. The van der Waals surface area contributed by atoms with E-state index < -0.39 is 17.7 Å². The predicted molar refractivity (Wildman–Crippen MR) is 137 cm³/mol. The van der Waals surface area contributed by atoms with Crippen molar-refractivity contribution in [3.05, 3.63) is 53.9 Å². The van der Waals surface area contributed by atoms with E-state index in [9.17, 15) is 22.4 Å². The zero-order valence-electron chi connectivity index (χ0n) is 20.2. The number of rotatable bonds is 6. The molecule has 3 heterocycles. The quantitative estimate of drug-likeness (QED) is 0.250. The highest BCUT2D eigenvalue weighted by Gasteiger charge is 2.33. The number of likely N-dealkylation sites (tertiary alicyclic amines) is 1. The first kappa shape index (κ1) is 26.6. The molecule has 4 rings (SSSR count). The molecule has 3 N–H and O–H groups in total. The molecule has 1 aliphatic rings. The molecule has 37 heavy (non-hydrogen) atoms. The Hall–Kier alpha value is -3.43. The lowest BCUT2D eigenvalue weighted by molar-refractivity contribution is -0.0330. The second-order valence-electron chi connectivity index (χ2n) is 8.56. The van der Waals surface area contributed by atoms with Gasteiger partial charge in [-0.2, -0.15) is 13.2 Å². The Labute approximate surface area is 216 Å². The first-order chi connectivity index (χ1) is 17.6. The zero-order chi connectivity index (χ0) is 26.6. The largest absolute Gasteiger partial charge is 0.447 e. The summed E-state index contributed by atoms with van der Waals surface area (Å²) in [6.07, 6.45) is 0.921. The van der Waals surface area contributed by atoms with Crippen LogP contribution in [0.15, 0.2) is 47.6 Å². The summed E-state index contributed by atoms with van der Waals surface area (Å²) in [5.74, 6) is 5.31. The number of imidazole rings is 1. The third-order valence-corrected chi connectivity index (χ3v) is 6.66. The molecule has 2 atom stereocenters. The van der Waals surface area contributed by atoms with Crippen molar-refractivity contribution in [3.63, 3.8) is 0 Å². The molecule has 0 unspecified atom stereocenters. The van der Waals surface area contributed by atoms with Crippen molar-refractivity contribution in [1.29, 1.82) is 0 Å². The van der Waals surface area contributed by atoms with Gasteiger partial charge in [-0.25, -0.2) is 9.37 Å². The minimum absolute atomic E-state index is 0.0299. The molecule has 1 fully saturated rings. The maximum Gasteiger partial charge on any atom is 0.447 e. The maximum atomic E-state index is 14.6. The van der Waals surface area contributed by atoms with E-state index >= 15 is 0 Å². The number of halogens is 4. The van der Waals surface area contributed by atoms with E-state index in [2.05, 4.69) is 32.8 Å². The molecule has 3 aromatic rings. The fraction of sp³-hybridized carbons (Fsp3) is 0.360. The van der Waals surface area contributed by atoms with Crippen molar-refractivity contribution >= 4 is 34.7 Å². The smallest absolute Gasteiger partial charge is 0.376 e. The topological polar surface area (TPSA) is 73.7 Å². The molecule has 1 saturated heterocycles. The average molecular weight is 535 g/mol. The van der Waals surface area contributed by atoms with E-state index in [4.69, 9.17) is 0 Å². The Bertz CT molecular complexity index is 1330. The molecule has 2 aromatic heterocycles. The normalized spacial score (nSPS) is 18.2. The number of carbonyl (C=O) groups excluding carboxylic acids is 1. The van der Waals surface area contributed by atoms with Crippen LogP contribution in [0.1, 0.15) is 22.5 Å². The molecule has 7 nitrogen and oxygen atoms in total. The van der Waals surface area contributed by atoms with Gasteiger partial charge < -0.3 is 20.9 Å².